The molecule has 0 aliphatic heterocycles. The van der Waals surface area contributed by atoms with E-state index in [1.54, 1.807) is 7.11 Å². The highest BCUT2D eigenvalue weighted by atomic mass is 16.5. The lowest BCUT2D eigenvalue weighted by atomic mass is 10.2. The monoisotopic (exact) mass is 223 g/mol. The average molecular weight is 223 g/mol. The van der Waals surface area contributed by atoms with Crippen LogP contribution >= 0.6 is 0 Å². The van der Waals surface area contributed by atoms with Crippen LogP contribution < -0.4 is 10.1 Å². The van der Waals surface area contributed by atoms with Crippen molar-refractivity contribution in [3.63, 3.8) is 0 Å². The van der Waals surface area contributed by atoms with Crippen LogP contribution in [0.1, 0.15) is 18.4 Å². The number of anilines is 1. The molecule has 4 nitrogen and oxygen atoms in total. The molecule has 1 aromatic rings. The van der Waals surface area contributed by atoms with Gasteiger partial charge in [-0.1, -0.05) is 6.07 Å². The Morgan fingerprint density at radius 2 is 2.25 bits per heavy atom. The number of hydrogen-bond acceptors (Lipinski definition) is 3. The van der Waals surface area contributed by atoms with Crippen molar-refractivity contribution in [1.82, 2.24) is 0 Å². The van der Waals surface area contributed by atoms with Crippen LogP contribution in [-0.4, -0.2) is 24.7 Å². The zero-order valence-electron chi connectivity index (χ0n) is 9.62. The standard InChI is InChI=1S/C12H17NO3/c1-9-5-6-11(16-2)10(8-9)13-7-3-4-12(14)15/h5-6,8,13H,3-4,7H2,1-2H3,(H,14,15). The second kappa shape index (κ2) is 6.00. The first kappa shape index (κ1) is 12.4. The number of carboxylic acid groups (broad SMARTS) is 1. The summed E-state index contributed by atoms with van der Waals surface area (Å²) in [4.78, 5) is 10.3. The molecule has 0 atom stereocenters. The third kappa shape index (κ3) is 3.81. The molecule has 0 spiro atoms. The molecule has 0 bridgehead atoms. The van der Waals surface area contributed by atoms with Crippen LogP contribution in [0.4, 0.5) is 5.69 Å². The topological polar surface area (TPSA) is 58.6 Å². The van der Waals surface area contributed by atoms with Crippen molar-refractivity contribution < 1.29 is 14.6 Å². The Kier molecular flexibility index (Phi) is 4.64. The lowest BCUT2D eigenvalue weighted by molar-refractivity contribution is -0.137. The van der Waals surface area contributed by atoms with E-state index in [1.165, 1.54) is 0 Å². The van der Waals surface area contributed by atoms with Gasteiger partial charge in [-0.05, 0) is 31.0 Å². The Labute approximate surface area is 95.2 Å². The van der Waals surface area contributed by atoms with Gasteiger partial charge in [0.1, 0.15) is 5.75 Å². The number of methoxy groups -OCH3 is 1. The summed E-state index contributed by atoms with van der Waals surface area (Å²) in [6.45, 7) is 2.63. The first-order valence-electron chi connectivity index (χ1n) is 5.24. The van der Waals surface area contributed by atoms with Crippen LogP contribution in [0.5, 0.6) is 5.75 Å². The first-order valence-corrected chi connectivity index (χ1v) is 5.24. The van der Waals surface area contributed by atoms with Crippen LogP contribution in [-0.2, 0) is 4.79 Å². The summed E-state index contributed by atoms with van der Waals surface area (Å²) in [5, 5.41) is 11.7. The van der Waals surface area contributed by atoms with Gasteiger partial charge in [-0.3, -0.25) is 4.79 Å². The van der Waals surface area contributed by atoms with Gasteiger partial charge in [0.05, 0.1) is 12.8 Å². The number of carboxylic acids is 1. The molecule has 0 unspecified atom stereocenters. The average Bonchev–Trinajstić information content (AvgIpc) is 2.24. The van der Waals surface area contributed by atoms with Gasteiger partial charge in [0.2, 0.25) is 0 Å². The lowest BCUT2D eigenvalue weighted by Gasteiger charge is -2.11. The fourth-order valence-corrected chi connectivity index (χ4v) is 1.42. The normalized spacial score (nSPS) is 9.88. The third-order valence-corrected chi connectivity index (χ3v) is 2.24. The molecule has 0 saturated heterocycles. The van der Waals surface area contributed by atoms with E-state index >= 15 is 0 Å². The highest BCUT2D eigenvalue weighted by Crippen LogP contribution is 2.24. The molecule has 0 heterocycles. The van der Waals surface area contributed by atoms with Gasteiger partial charge in [0.15, 0.2) is 0 Å². The molecule has 88 valence electrons. The molecule has 0 aliphatic carbocycles. The van der Waals surface area contributed by atoms with Gasteiger partial charge in [-0.15, -0.1) is 0 Å². The number of rotatable bonds is 6. The minimum absolute atomic E-state index is 0.182. The molecule has 4 heteroatoms. The molecule has 0 aromatic heterocycles. The van der Waals surface area contributed by atoms with E-state index in [2.05, 4.69) is 5.32 Å². The zero-order chi connectivity index (χ0) is 12.0. The number of aliphatic carboxylic acids is 1. The quantitative estimate of drug-likeness (QED) is 0.726. The molecule has 0 saturated carbocycles. The predicted octanol–water partition coefficient (Wildman–Crippen LogP) is 2.28. The highest BCUT2D eigenvalue weighted by Gasteiger charge is 2.02. The van der Waals surface area contributed by atoms with Crippen LogP contribution in [0.25, 0.3) is 0 Å². The minimum atomic E-state index is -0.766. The second-order valence-corrected chi connectivity index (χ2v) is 3.63. The molecule has 0 aliphatic rings. The molecule has 0 amide bonds. The molecule has 2 N–H and O–H groups in total. The Morgan fingerprint density at radius 3 is 2.88 bits per heavy atom. The van der Waals surface area contributed by atoms with E-state index in [0.29, 0.717) is 13.0 Å². The zero-order valence-corrected chi connectivity index (χ0v) is 9.62. The smallest absolute Gasteiger partial charge is 0.303 e. The largest absolute Gasteiger partial charge is 0.495 e. The number of nitrogens with one attached hydrogen (secondary N) is 1. The summed E-state index contributed by atoms with van der Waals surface area (Å²) >= 11 is 0. The Balaban J connectivity index is 2.51. The van der Waals surface area contributed by atoms with Crippen molar-refractivity contribution in [1.29, 1.82) is 0 Å². The number of aryl methyl sites for hydroxylation is 1. The van der Waals surface area contributed by atoms with Crippen LogP contribution in [0.3, 0.4) is 0 Å². The lowest BCUT2D eigenvalue weighted by Crippen LogP contribution is -2.06. The predicted molar refractivity (Wildman–Crippen MR) is 63.1 cm³/mol. The highest BCUT2D eigenvalue weighted by molar-refractivity contribution is 5.66. The van der Waals surface area contributed by atoms with Crippen molar-refractivity contribution in [3.05, 3.63) is 23.8 Å². The van der Waals surface area contributed by atoms with Gasteiger partial charge in [0, 0.05) is 13.0 Å². The molecule has 16 heavy (non-hydrogen) atoms. The van der Waals surface area contributed by atoms with Crippen LogP contribution in [0, 0.1) is 6.92 Å². The summed E-state index contributed by atoms with van der Waals surface area (Å²) in [6.07, 6.45) is 0.785. The van der Waals surface area contributed by atoms with Crippen LogP contribution in [0.15, 0.2) is 18.2 Å². The van der Waals surface area contributed by atoms with Crippen LogP contribution in [0.2, 0.25) is 0 Å². The fraction of sp³-hybridized carbons (Fsp3) is 0.417. The van der Waals surface area contributed by atoms with E-state index in [-0.39, 0.29) is 6.42 Å². The molecule has 1 rings (SSSR count). The molecule has 0 fully saturated rings. The first-order chi connectivity index (χ1) is 7.63. The van der Waals surface area contributed by atoms with Gasteiger partial charge >= 0.3 is 5.97 Å². The Morgan fingerprint density at radius 1 is 1.50 bits per heavy atom. The van der Waals surface area contributed by atoms with Crippen molar-refractivity contribution in [2.24, 2.45) is 0 Å². The molecular weight excluding hydrogens is 206 g/mol. The number of benzene rings is 1. The van der Waals surface area contributed by atoms with E-state index in [1.807, 2.05) is 25.1 Å². The number of ether oxygens (including phenoxy) is 1. The van der Waals surface area contributed by atoms with E-state index in [9.17, 15) is 4.79 Å². The van der Waals surface area contributed by atoms with Crippen molar-refractivity contribution in [2.75, 3.05) is 19.0 Å². The fourth-order valence-electron chi connectivity index (χ4n) is 1.42. The summed E-state index contributed by atoms with van der Waals surface area (Å²) in [5.41, 5.74) is 2.05. The maximum atomic E-state index is 10.3. The molecule has 1 aromatic carbocycles. The van der Waals surface area contributed by atoms with Crippen molar-refractivity contribution in [3.8, 4) is 5.75 Å². The summed E-state index contributed by atoms with van der Waals surface area (Å²) in [6, 6.07) is 5.86. The number of hydrogen-bond donors (Lipinski definition) is 2. The molecular formula is C12H17NO3. The van der Waals surface area contributed by atoms with E-state index in [4.69, 9.17) is 9.84 Å². The Bertz CT molecular complexity index is 363. The third-order valence-electron chi connectivity index (χ3n) is 2.24. The maximum Gasteiger partial charge on any atom is 0.303 e. The second-order valence-electron chi connectivity index (χ2n) is 3.63. The van der Waals surface area contributed by atoms with Gasteiger partial charge in [-0.2, -0.15) is 0 Å². The van der Waals surface area contributed by atoms with Gasteiger partial charge in [-0.25, -0.2) is 0 Å². The van der Waals surface area contributed by atoms with E-state index < -0.39 is 5.97 Å². The minimum Gasteiger partial charge on any atom is -0.495 e. The van der Waals surface area contributed by atoms with Crippen molar-refractivity contribution in [2.45, 2.75) is 19.8 Å². The maximum absolute atomic E-state index is 10.3. The van der Waals surface area contributed by atoms with Gasteiger partial charge < -0.3 is 15.2 Å². The summed E-state index contributed by atoms with van der Waals surface area (Å²) in [5.74, 6) is 0.0129. The SMILES string of the molecule is COc1ccc(C)cc1NCCCC(=O)O. The van der Waals surface area contributed by atoms with Crippen molar-refractivity contribution >= 4 is 11.7 Å². The summed E-state index contributed by atoms with van der Waals surface area (Å²) < 4.78 is 5.20. The number of carbonyl (C=O) groups is 1. The van der Waals surface area contributed by atoms with Gasteiger partial charge in [0.25, 0.3) is 0 Å². The Hall–Kier alpha value is -1.71. The molecule has 0 radical (unpaired) electrons. The summed E-state index contributed by atoms with van der Waals surface area (Å²) in [7, 11) is 1.62. The van der Waals surface area contributed by atoms with E-state index in [0.717, 1.165) is 17.0 Å².